The number of carbonyl (C=O) groups is 1. The zero-order valence-corrected chi connectivity index (χ0v) is 17.7. The Morgan fingerprint density at radius 1 is 0.897 bits per heavy atom. The molecule has 0 unspecified atom stereocenters. The summed E-state index contributed by atoms with van der Waals surface area (Å²) < 4.78 is 26.9. The second-order valence-electron chi connectivity index (χ2n) is 6.63. The van der Waals surface area contributed by atoms with Crippen molar-refractivity contribution in [3.63, 3.8) is 0 Å². The van der Waals surface area contributed by atoms with Crippen molar-refractivity contribution in [3.05, 3.63) is 95.0 Å². The van der Waals surface area contributed by atoms with E-state index in [1.165, 1.54) is 11.4 Å². The highest BCUT2D eigenvalue weighted by atomic mass is 35.5. The van der Waals surface area contributed by atoms with Crippen LogP contribution in [0.3, 0.4) is 0 Å². The van der Waals surface area contributed by atoms with Gasteiger partial charge in [-0.1, -0.05) is 48.0 Å². The van der Waals surface area contributed by atoms with Crippen LogP contribution in [0.25, 0.3) is 0 Å². The highest BCUT2D eigenvalue weighted by Crippen LogP contribution is 2.23. The number of hydrogen-bond donors (Lipinski definition) is 0. The van der Waals surface area contributed by atoms with E-state index in [1.54, 1.807) is 72.6 Å². The third-order valence-electron chi connectivity index (χ3n) is 4.51. The summed E-state index contributed by atoms with van der Waals surface area (Å²) >= 11 is 6.01. The number of benzene rings is 3. The molecule has 29 heavy (non-hydrogen) atoms. The topological polar surface area (TPSA) is 57.7 Å². The lowest BCUT2D eigenvalue weighted by molar-refractivity contribution is 0.0785. The van der Waals surface area contributed by atoms with Crippen molar-refractivity contribution >= 4 is 33.2 Å². The highest BCUT2D eigenvalue weighted by Gasteiger charge is 2.22. The predicted molar refractivity (Wildman–Crippen MR) is 116 cm³/mol. The molecule has 0 aromatic heterocycles. The number of hydrogen-bond acceptors (Lipinski definition) is 3. The van der Waals surface area contributed by atoms with E-state index in [9.17, 15) is 13.2 Å². The molecular weight excluding hydrogens is 408 g/mol. The molecule has 0 fully saturated rings. The average Bonchev–Trinajstić information content (AvgIpc) is 2.73. The van der Waals surface area contributed by atoms with Gasteiger partial charge in [0.05, 0.1) is 10.6 Å². The van der Waals surface area contributed by atoms with Crippen LogP contribution < -0.4 is 4.31 Å². The number of amides is 1. The van der Waals surface area contributed by atoms with Crippen LogP contribution in [-0.4, -0.2) is 33.3 Å². The van der Waals surface area contributed by atoms with Crippen molar-refractivity contribution in [2.45, 2.75) is 11.4 Å². The van der Waals surface area contributed by atoms with E-state index in [0.717, 1.165) is 5.56 Å². The monoisotopic (exact) mass is 428 g/mol. The van der Waals surface area contributed by atoms with Gasteiger partial charge in [0.2, 0.25) is 0 Å². The molecule has 7 heteroatoms. The number of sulfonamides is 1. The Hall–Kier alpha value is -2.83. The lowest BCUT2D eigenvalue weighted by Crippen LogP contribution is -2.28. The predicted octanol–water partition coefficient (Wildman–Crippen LogP) is 4.44. The molecule has 0 saturated heterocycles. The minimum absolute atomic E-state index is 0.192. The van der Waals surface area contributed by atoms with Gasteiger partial charge in [-0.2, -0.15) is 0 Å². The first-order chi connectivity index (χ1) is 13.8. The Balaban J connectivity index is 1.82. The molecule has 0 bridgehead atoms. The molecule has 0 heterocycles. The van der Waals surface area contributed by atoms with Crippen LogP contribution in [0.4, 0.5) is 5.69 Å². The Morgan fingerprint density at radius 2 is 1.59 bits per heavy atom. The van der Waals surface area contributed by atoms with E-state index in [2.05, 4.69) is 0 Å². The van der Waals surface area contributed by atoms with E-state index in [-0.39, 0.29) is 10.8 Å². The summed E-state index contributed by atoms with van der Waals surface area (Å²) in [7, 11) is -0.546. The van der Waals surface area contributed by atoms with E-state index in [1.807, 2.05) is 18.2 Å². The minimum atomic E-state index is -3.71. The molecule has 5 nitrogen and oxygen atoms in total. The van der Waals surface area contributed by atoms with Crippen LogP contribution >= 0.6 is 11.6 Å². The van der Waals surface area contributed by atoms with Crippen molar-refractivity contribution in [2.24, 2.45) is 0 Å². The van der Waals surface area contributed by atoms with E-state index in [0.29, 0.717) is 22.8 Å². The van der Waals surface area contributed by atoms with Crippen LogP contribution in [0, 0.1) is 0 Å². The Morgan fingerprint density at radius 3 is 2.28 bits per heavy atom. The maximum absolute atomic E-state index is 12.9. The fraction of sp³-hybridized carbons (Fsp3) is 0.136. The molecule has 0 aliphatic rings. The van der Waals surface area contributed by atoms with Gasteiger partial charge in [0.25, 0.3) is 15.9 Å². The van der Waals surface area contributed by atoms with Crippen LogP contribution in [0.5, 0.6) is 0 Å². The lowest BCUT2D eigenvalue weighted by atomic mass is 10.1. The first-order valence-electron chi connectivity index (χ1n) is 8.93. The summed E-state index contributed by atoms with van der Waals surface area (Å²) in [4.78, 5) is 14.6. The molecule has 0 radical (unpaired) electrons. The number of nitrogens with zero attached hydrogens (tertiary/aromatic N) is 2. The molecule has 0 aliphatic carbocycles. The van der Waals surface area contributed by atoms with Crippen molar-refractivity contribution in [1.82, 2.24) is 4.90 Å². The van der Waals surface area contributed by atoms with Crippen molar-refractivity contribution < 1.29 is 13.2 Å². The van der Waals surface area contributed by atoms with Crippen LogP contribution in [0.2, 0.25) is 5.02 Å². The second-order valence-corrected chi connectivity index (χ2v) is 9.03. The van der Waals surface area contributed by atoms with Gasteiger partial charge in [-0.3, -0.25) is 9.10 Å². The fourth-order valence-corrected chi connectivity index (χ4v) is 4.35. The maximum atomic E-state index is 12.9. The summed E-state index contributed by atoms with van der Waals surface area (Å²) in [6, 6.07) is 22.1. The Labute approximate surface area is 176 Å². The smallest absolute Gasteiger partial charge is 0.264 e. The van der Waals surface area contributed by atoms with Gasteiger partial charge in [-0.05, 0) is 48.0 Å². The van der Waals surface area contributed by atoms with Gasteiger partial charge >= 0.3 is 0 Å². The molecule has 0 aliphatic heterocycles. The van der Waals surface area contributed by atoms with Gasteiger partial charge in [-0.25, -0.2) is 8.42 Å². The summed E-state index contributed by atoms with van der Waals surface area (Å²) in [6.07, 6.45) is 0. The Kier molecular flexibility index (Phi) is 6.25. The number of anilines is 1. The SMILES string of the molecule is CN(Cc1cccc(Cl)c1)C(=O)c1cccc(N(C)S(=O)(=O)c2ccccc2)c1. The van der Waals surface area contributed by atoms with E-state index >= 15 is 0 Å². The third-order valence-corrected chi connectivity index (χ3v) is 6.55. The maximum Gasteiger partial charge on any atom is 0.264 e. The molecule has 150 valence electrons. The quantitative estimate of drug-likeness (QED) is 0.583. The fourth-order valence-electron chi connectivity index (χ4n) is 2.93. The largest absolute Gasteiger partial charge is 0.337 e. The first-order valence-corrected chi connectivity index (χ1v) is 10.7. The van der Waals surface area contributed by atoms with E-state index < -0.39 is 10.0 Å². The molecule has 0 saturated carbocycles. The molecule has 0 spiro atoms. The molecular formula is C22H21ClN2O3S. The van der Waals surface area contributed by atoms with Gasteiger partial charge in [0.15, 0.2) is 0 Å². The zero-order chi connectivity index (χ0) is 21.0. The third kappa shape index (κ3) is 4.78. The summed E-state index contributed by atoms with van der Waals surface area (Å²) in [6.45, 7) is 0.391. The van der Waals surface area contributed by atoms with Crippen molar-refractivity contribution in [3.8, 4) is 0 Å². The van der Waals surface area contributed by atoms with Crippen LogP contribution in [-0.2, 0) is 16.6 Å². The summed E-state index contributed by atoms with van der Waals surface area (Å²) in [5.74, 6) is -0.211. The van der Waals surface area contributed by atoms with Gasteiger partial charge < -0.3 is 4.90 Å². The molecule has 3 aromatic rings. The molecule has 1 amide bonds. The van der Waals surface area contributed by atoms with Gasteiger partial charge in [-0.15, -0.1) is 0 Å². The van der Waals surface area contributed by atoms with E-state index in [4.69, 9.17) is 11.6 Å². The van der Waals surface area contributed by atoms with Crippen LogP contribution in [0.1, 0.15) is 15.9 Å². The highest BCUT2D eigenvalue weighted by molar-refractivity contribution is 7.92. The van der Waals surface area contributed by atoms with Crippen LogP contribution in [0.15, 0.2) is 83.8 Å². The second kappa shape index (κ2) is 8.68. The standard InChI is InChI=1S/C22H21ClN2O3S/c1-24(16-17-8-6-10-19(23)14-17)22(26)18-9-7-11-20(15-18)25(2)29(27,28)21-12-4-3-5-13-21/h3-15H,16H2,1-2H3. The lowest BCUT2D eigenvalue weighted by Gasteiger charge is -2.21. The van der Waals surface area contributed by atoms with Crippen molar-refractivity contribution in [2.75, 3.05) is 18.4 Å². The van der Waals surface area contributed by atoms with Gasteiger partial charge in [0.1, 0.15) is 0 Å². The number of halogens is 1. The number of carbonyl (C=O) groups excluding carboxylic acids is 1. The first kappa shape index (κ1) is 20.9. The van der Waals surface area contributed by atoms with Gasteiger partial charge in [0, 0.05) is 31.2 Å². The summed E-state index contributed by atoms with van der Waals surface area (Å²) in [5.41, 5.74) is 1.73. The molecule has 3 rings (SSSR count). The Bertz CT molecular complexity index is 1120. The molecule has 3 aromatic carbocycles. The molecule has 0 atom stereocenters. The average molecular weight is 429 g/mol. The van der Waals surface area contributed by atoms with Crippen molar-refractivity contribution in [1.29, 1.82) is 0 Å². The molecule has 0 N–H and O–H groups in total. The summed E-state index contributed by atoms with van der Waals surface area (Å²) in [5, 5.41) is 0.609. The number of rotatable bonds is 6. The minimum Gasteiger partial charge on any atom is -0.337 e. The normalized spacial score (nSPS) is 11.1. The zero-order valence-electron chi connectivity index (χ0n) is 16.1.